The Morgan fingerprint density at radius 1 is 1.53 bits per heavy atom. The smallest absolute Gasteiger partial charge is 0.320 e. The normalized spacial score (nSPS) is 12.1. The summed E-state index contributed by atoms with van der Waals surface area (Å²) in [5.74, 6) is -1.00. The van der Waals surface area contributed by atoms with Crippen molar-refractivity contribution < 1.29 is 9.90 Å². The van der Waals surface area contributed by atoms with E-state index in [9.17, 15) is 4.79 Å². The highest BCUT2D eigenvalue weighted by Gasteiger charge is 2.13. The molecule has 0 saturated carbocycles. The Labute approximate surface area is 93.0 Å². The highest BCUT2D eigenvalue weighted by Crippen LogP contribution is 2.16. The van der Waals surface area contributed by atoms with Crippen molar-refractivity contribution in [1.82, 2.24) is 0 Å². The molecule has 0 amide bonds. The minimum atomic E-state index is -1.00. The highest BCUT2D eigenvalue weighted by atomic mass is 35.5. The summed E-state index contributed by atoms with van der Waals surface area (Å²) in [6, 6.07) is 6.75. The Morgan fingerprint density at radius 3 is 2.80 bits per heavy atom. The van der Waals surface area contributed by atoms with Gasteiger partial charge in [0.2, 0.25) is 0 Å². The van der Waals surface area contributed by atoms with Crippen molar-refractivity contribution in [3.63, 3.8) is 0 Å². The van der Waals surface area contributed by atoms with Crippen molar-refractivity contribution >= 4 is 23.3 Å². The molecule has 0 aliphatic heterocycles. The molecule has 4 N–H and O–H groups in total. The Hall–Kier alpha value is -1.26. The second kappa shape index (κ2) is 5.58. The van der Waals surface area contributed by atoms with Crippen LogP contribution >= 0.6 is 11.6 Å². The molecule has 0 saturated heterocycles. The number of nitrogens with one attached hydrogen (secondary N) is 1. The molecule has 0 aliphatic rings. The second-order valence-electron chi connectivity index (χ2n) is 3.12. The van der Waals surface area contributed by atoms with Crippen LogP contribution in [0.25, 0.3) is 0 Å². The van der Waals surface area contributed by atoms with Crippen LogP contribution < -0.4 is 11.1 Å². The van der Waals surface area contributed by atoms with E-state index in [0.29, 0.717) is 0 Å². The molecule has 0 aliphatic carbocycles. The number of nitrogens with two attached hydrogens (primary N) is 1. The van der Waals surface area contributed by atoms with Gasteiger partial charge in [0, 0.05) is 12.1 Å². The predicted molar refractivity (Wildman–Crippen MR) is 60.1 cm³/mol. The van der Waals surface area contributed by atoms with Gasteiger partial charge in [-0.1, -0.05) is 18.2 Å². The number of anilines is 1. The first-order valence-electron chi connectivity index (χ1n) is 4.51. The monoisotopic (exact) mass is 228 g/mol. The van der Waals surface area contributed by atoms with Gasteiger partial charge in [0.25, 0.3) is 0 Å². The van der Waals surface area contributed by atoms with Gasteiger partial charge in [-0.2, -0.15) is 0 Å². The van der Waals surface area contributed by atoms with Gasteiger partial charge in [-0.3, -0.25) is 4.79 Å². The second-order valence-corrected chi connectivity index (χ2v) is 3.38. The van der Waals surface area contributed by atoms with E-state index in [1.54, 1.807) is 0 Å². The number of halogens is 1. The van der Waals surface area contributed by atoms with Gasteiger partial charge in [-0.25, -0.2) is 0 Å². The number of carboxylic acid groups (broad SMARTS) is 1. The van der Waals surface area contributed by atoms with Crippen LogP contribution in [0.5, 0.6) is 0 Å². The van der Waals surface area contributed by atoms with Crippen LogP contribution in [0.4, 0.5) is 5.69 Å². The fourth-order valence-corrected chi connectivity index (χ4v) is 1.41. The average Bonchev–Trinajstić information content (AvgIpc) is 2.21. The van der Waals surface area contributed by atoms with Gasteiger partial charge in [-0.15, -0.1) is 11.6 Å². The maximum absolute atomic E-state index is 10.6. The number of hydrogen-bond donors (Lipinski definition) is 3. The molecule has 0 spiro atoms. The van der Waals surface area contributed by atoms with E-state index in [2.05, 4.69) is 5.32 Å². The van der Waals surface area contributed by atoms with Crippen LogP contribution in [0, 0.1) is 0 Å². The van der Waals surface area contributed by atoms with Crippen molar-refractivity contribution in [3.05, 3.63) is 29.8 Å². The number of rotatable bonds is 5. The molecular formula is C10H13ClN2O2. The quantitative estimate of drug-likeness (QED) is 0.524. The molecule has 1 unspecified atom stereocenters. The summed E-state index contributed by atoms with van der Waals surface area (Å²) in [5.41, 5.74) is 7.13. The third-order valence-electron chi connectivity index (χ3n) is 2.03. The van der Waals surface area contributed by atoms with E-state index < -0.39 is 12.0 Å². The van der Waals surface area contributed by atoms with E-state index in [-0.39, 0.29) is 12.4 Å². The van der Waals surface area contributed by atoms with Gasteiger partial charge in [-0.05, 0) is 11.6 Å². The lowest BCUT2D eigenvalue weighted by Crippen LogP contribution is -2.32. The van der Waals surface area contributed by atoms with Crippen LogP contribution in [-0.4, -0.2) is 23.1 Å². The Balaban J connectivity index is 2.79. The molecule has 5 heteroatoms. The molecule has 1 aromatic rings. The first-order chi connectivity index (χ1) is 7.15. The largest absolute Gasteiger partial charge is 0.480 e. The summed E-state index contributed by atoms with van der Waals surface area (Å²) >= 11 is 5.55. The summed E-state index contributed by atoms with van der Waals surface area (Å²) < 4.78 is 0. The van der Waals surface area contributed by atoms with Crippen LogP contribution in [0.1, 0.15) is 5.56 Å². The molecule has 0 fully saturated rings. The SMILES string of the molecule is NC(Cc1ccccc1NCCl)C(=O)O. The molecular weight excluding hydrogens is 216 g/mol. The summed E-state index contributed by atoms with van der Waals surface area (Å²) in [4.78, 5) is 10.6. The molecule has 82 valence electrons. The lowest BCUT2D eigenvalue weighted by atomic mass is 10.0. The van der Waals surface area contributed by atoms with Gasteiger partial charge >= 0.3 is 5.97 Å². The van der Waals surface area contributed by atoms with Crippen LogP contribution in [0.3, 0.4) is 0 Å². The molecule has 0 radical (unpaired) electrons. The van der Waals surface area contributed by atoms with Crippen LogP contribution in [0.15, 0.2) is 24.3 Å². The number of carbonyl (C=O) groups is 1. The van der Waals surface area contributed by atoms with Gasteiger partial charge in [0.05, 0.1) is 6.00 Å². The predicted octanol–water partition coefficient (Wildman–Crippen LogP) is 1.25. The number of carboxylic acids is 1. The van der Waals surface area contributed by atoms with Gasteiger partial charge in [0.15, 0.2) is 0 Å². The van der Waals surface area contributed by atoms with Crippen molar-refractivity contribution in [1.29, 1.82) is 0 Å². The highest BCUT2D eigenvalue weighted by molar-refractivity contribution is 6.18. The van der Waals surface area contributed by atoms with Crippen LogP contribution in [0.2, 0.25) is 0 Å². The van der Waals surface area contributed by atoms with E-state index in [4.69, 9.17) is 22.4 Å². The fraction of sp³-hybridized carbons (Fsp3) is 0.300. The minimum Gasteiger partial charge on any atom is -0.480 e. The van der Waals surface area contributed by atoms with E-state index in [0.717, 1.165) is 11.3 Å². The van der Waals surface area contributed by atoms with E-state index >= 15 is 0 Å². The molecule has 0 bridgehead atoms. The molecule has 1 atom stereocenters. The van der Waals surface area contributed by atoms with E-state index in [1.807, 2.05) is 24.3 Å². The topological polar surface area (TPSA) is 75.3 Å². The number of aliphatic carboxylic acids is 1. The Kier molecular flexibility index (Phi) is 4.39. The van der Waals surface area contributed by atoms with Gasteiger partial charge in [0.1, 0.15) is 6.04 Å². The Morgan fingerprint density at radius 2 is 2.20 bits per heavy atom. The molecule has 15 heavy (non-hydrogen) atoms. The lowest BCUT2D eigenvalue weighted by molar-refractivity contribution is -0.138. The fourth-order valence-electron chi connectivity index (χ4n) is 1.27. The zero-order valence-corrected chi connectivity index (χ0v) is 8.87. The molecule has 4 nitrogen and oxygen atoms in total. The third-order valence-corrected chi connectivity index (χ3v) is 2.17. The Bertz CT molecular complexity index is 344. The third kappa shape index (κ3) is 3.42. The minimum absolute atomic E-state index is 0.277. The molecule has 0 aromatic heterocycles. The summed E-state index contributed by atoms with van der Waals surface area (Å²) in [6.07, 6.45) is 0.287. The average molecular weight is 229 g/mol. The number of alkyl halides is 1. The lowest BCUT2D eigenvalue weighted by Gasteiger charge is -2.11. The van der Waals surface area contributed by atoms with Gasteiger partial charge < -0.3 is 16.2 Å². The van der Waals surface area contributed by atoms with Crippen molar-refractivity contribution in [3.8, 4) is 0 Å². The zero-order chi connectivity index (χ0) is 11.3. The maximum Gasteiger partial charge on any atom is 0.320 e. The molecule has 1 aromatic carbocycles. The maximum atomic E-state index is 10.6. The summed E-state index contributed by atoms with van der Waals surface area (Å²) in [5, 5.41) is 11.6. The van der Waals surface area contributed by atoms with Crippen LogP contribution in [-0.2, 0) is 11.2 Å². The summed E-state index contributed by atoms with van der Waals surface area (Å²) in [7, 11) is 0. The van der Waals surface area contributed by atoms with E-state index in [1.165, 1.54) is 0 Å². The number of para-hydroxylation sites is 1. The first kappa shape index (κ1) is 11.8. The molecule has 1 rings (SSSR count). The van der Waals surface area contributed by atoms with Crippen molar-refractivity contribution in [2.24, 2.45) is 5.73 Å². The summed E-state index contributed by atoms with van der Waals surface area (Å²) in [6.45, 7) is 0. The first-order valence-corrected chi connectivity index (χ1v) is 5.04. The van der Waals surface area contributed by atoms with Crippen molar-refractivity contribution in [2.75, 3.05) is 11.3 Å². The standard InChI is InChI=1S/C10H13ClN2O2/c11-6-13-9-4-2-1-3-7(9)5-8(12)10(14)15/h1-4,8,13H,5-6,12H2,(H,14,15). The number of benzene rings is 1. The number of hydrogen-bond acceptors (Lipinski definition) is 3. The molecule has 0 heterocycles. The zero-order valence-electron chi connectivity index (χ0n) is 8.11. The van der Waals surface area contributed by atoms with Crippen molar-refractivity contribution in [2.45, 2.75) is 12.5 Å².